The van der Waals surface area contributed by atoms with Crippen molar-refractivity contribution in [2.24, 2.45) is 17.4 Å². The Kier molecular flexibility index (Phi) is 40.7. The molecule has 1 aromatic heterocycles. The highest BCUT2D eigenvalue weighted by atomic mass is 32.1. The molecule has 0 aliphatic heterocycles. The fourth-order valence-corrected chi connectivity index (χ4v) is 6.50. The summed E-state index contributed by atoms with van der Waals surface area (Å²) in [5.41, 5.74) is 13.3. The number of nitrogens with zero attached hydrogens (tertiary/aromatic N) is 3. The predicted molar refractivity (Wildman–Crippen MR) is 241 cm³/mol. The minimum atomic E-state index is -0.0746. The third-order valence-electron chi connectivity index (χ3n) is 8.75. The molecule has 5 N–H and O–H groups in total. The maximum absolute atomic E-state index is 11.1. The number of carbonyl (C=O) groups is 2. The number of unbranched alkanes of at least 4 members (excludes halogenated alkanes) is 2. The van der Waals surface area contributed by atoms with Crippen LogP contribution in [0.15, 0.2) is 54.6 Å². The van der Waals surface area contributed by atoms with Crippen molar-refractivity contribution in [3.05, 3.63) is 76.4 Å². The smallest absolute Gasteiger partial charge is 0.169 e. The highest BCUT2D eigenvalue weighted by molar-refractivity contribution is 7.09. The van der Waals surface area contributed by atoms with E-state index in [4.69, 9.17) is 4.74 Å². The second-order valence-electron chi connectivity index (χ2n) is 13.8. The van der Waals surface area contributed by atoms with E-state index in [1.54, 1.807) is 0 Å². The third kappa shape index (κ3) is 28.3. The van der Waals surface area contributed by atoms with E-state index < -0.39 is 0 Å². The fraction of sp³-hybridized carbons (Fsp3) is 0.667. The maximum atomic E-state index is 11.1. The van der Waals surface area contributed by atoms with Crippen molar-refractivity contribution in [2.45, 2.75) is 137 Å². The van der Waals surface area contributed by atoms with Crippen LogP contribution in [-0.4, -0.2) is 93.9 Å². The van der Waals surface area contributed by atoms with E-state index in [2.05, 4.69) is 125 Å². The van der Waals surface area contributed by atoms with Gasteiger partial charge in [0, 0.05) is 55.7 Å². The molecule has 0 saturated carbocycles. The van der Waals surface area contributed by atoms with Crippen molar-refractivity contribution in [2.75, 3.05) is 54.4 Å². The lowest BCUT2D eigenvalue weighted by molar-refractivity contribution is -0.108. The van der Waals surface area contributed by atoms with Crippen LogP contribution in [0, 0.1) is 12.8 Å². The summed E-state index contributed by atoms with van der Waals surface area (Å²) in [6.07, 6.45) is 15.1. The highest BCUT2D eigenvalue weighted by Gasteiger charge is 2.28. The fourth-order valence-electron chi connectivity index (χ4n) is 5.67. The first-order valence-corrected chi connectivity index (χ1v) is 21.5. The average molecular weight is 789 g/mol. The first-order chi connectivity index (χ1) is 26.5. The molecule has 1 heterocycles. The van der Waals surface area contributed by atoms with Gasteiger partial charge in [-0.05, 0) is 98.1 Å². The van der Waals surface area contributed by atoms with E-state index >= 15 is 0 Å². The van der Waals surface area contributed by atoms with Gasteiger partial charge < -0.3 is 36.1 Å². The number of aryl methyl sites for hydroxylation is 1. The van der Waals surface area contributed by atoms with Crippen LogP contribution in [0.4, 0.5) is 0 Å². The molecule has 0 aliphatic rings. The minimum Gasteiger partial charge on any atom is -0.372 e. The van der Waals surface area contributed by atoms with Crippen LogP contribution in [0.2, 0.25) is 0 Å². The normalized spacial score (nSPS) is 11.9. The summed E-state index contributed by atoms with van der Waals surface area (Å²) in [5.74, 6) is 0.480. The number of allylic oxidation sites excluding steroid dienone is 1. The van der Waals surface area contributed by atoms with Gasteiger partial charge >= 0.3 is 0 Å². The van der Waals surface area contributed by atoms with Gasteiger partial charge in [0.25, 0.3) is 0 Å². The van der Waals surface area contributed by atoms with Crippen LogP contribution in [0.3, 0.4) is 0 Å². The molecule has 9 nitrogen and oxygen atoms in total. The highest BCUT2D eigenvalue weighted by Crippen LogP contribution is 2.32. The third-order valence-corrected chi connectivity index (χ3v) is 9.71. The molecule has 318 valence electrons. The molecule has 0 fully saturated rings. The number of aromatic nitrogens is 1. The van der Waals surface area contributed by atoms with Crippen LogP contribution < -0.4 is 16.8 Å². The van der Waals surface area contributed by atoms with Crippen LogP contribution in [0.1, 0.15) is 138 Å². The topological polar surface area (TPSA) is 127 Å². The van der Waals surface area contributed by atoms with Gasteiger partial charge in [-0.2, -0.15) is 0 Å². The summed E-state index contributed by atoms with van der Waals surface area (Å²) in [6, 6.07) is 9.31. The Balaban J connectivity index is -0.000000806. The number of ether oxygens (including phenoxy) is 1. The Morgan fingerprint density at radius 3 is 2.09 bits per heavy atom. The van der Waals surface area contributed by atoms with Gasteiger partial charge in [0.1, 0.15) is 23.1 Å². The molecule has 2 rings (SSSR count). The molecule has 0 spiro atoms. The van der Waals surface area contributed by atoms with Gasteiger partial charge in [0.2, 0.25) is 0 Å². The van der Waals surface area contributed by atoms with Gasteiger partial charge in [-0.1, -0.05) is 96.9 Å². The molecule has 0 saturated heterocycles. The van der Waals surface area contributed by atoms with Crippen LogP contribution in [0.25, 0.3) is 0 Å². The number of nitrogens with two attached hydrogens (primary N) is 2. The Morgan fingerprint density at radius 2 is 1.62 bits per heavy atom. The van der Waals surface area contributed by atoms with E-state index in [0.717, 1.165) is 69.2 Å². The zero-order chi connectivity index (χ0) is 42.4. The van der Waals surface area contributed by atoms with Crippen molar-refractivity contribution < 1.29 is 14.3 Å². The van der Waals surface area contributed by atoms with Gasteiger partial charge in [0.15, 0.2) is 6.29 Å². The number of nitrogens with one attached hydrogen (secondary N) is 1. The zero-order valence-corrected chi connectivity index (χ0v) is 37.9. The number of rotatable bonds is 26. The Bertz CT molecular complexity index is 1170. The lowest BCUT2D eigenvalue weighted by Crippen LogP contribution is -2.40. The van der Waals surface area contributed by atoms with Crippen molar-refractivity contribution in [1.29, 1.82) is 0 Å². The molecule has 0 bridgehead atoms. The van der Waals surface area contributed by atoms with Crippen molar-refractivity contribution in [3.8, 4) is 0 Å². The molecule has 1 aromatic carbocycles. The molecule has 0 radical (unpaired) electrons. The molecule has 3 atom stereocenters. The molecule has 10 heteroatoms. The molecule has 0 aliphatic carbocycles. The monoisotopic (exact) mass is 789 g/mol. The number of hydrogen-bond donors (Lipinski definition) is 3. The molecular weight excluding hydrogens is 705 g/mol. The maximum Gasteiger partial charge on any atom is 0.169 e. The summed E-state index contributed by atoms with van der Waals surface area (Å²) in [4.78, 5) is 30.6. The molecule has 55 heavy (non-hydrogen) atoms. The van der Waals surface area contributed by atoms with E-state index in [0.29, 0.717) is 36.7 Å². The number of hydrogen-bond acceptors (Lipinski definition) is 10. The lowest BCUT2D eigenvalue weighted by Gasteiger charge is -2.39. The standard InChI is InChI=1S/C22H38N2O2S.C13H19NO.C8H17N.2CH5N/c1-7-10-11-18(6)24(12-8-2)20(17(4)5)14-21(26-13-9-3)22-23-19(15-25)16-27-22;1-11-5-7-12(8-6-11)10-13(14-2)4-3-9-15;1-4-6-8-9(3)7-5-2;2*1-2/h15-17,20-21H,6-14H2,1-5H3;5-9,13-14H,3-4,10H2,1-2H3;5H,2,4,6-8H2,1,3H3;2*2H2,1H3. The number of benzene rings is 1. The molecule has 2 aromatic rings. The van der Waals surface area contributed by atoms with Crippen molar-refractivity contribution in [1.82, 2.24) is 20.1 Å². The predicted octanol–water partition coefficient (Wildman–Crippen LogP) is 9.41. The summed E-state index contributed by atoms with van der Waals surface area (Å²) in [7, 11) is 7.07. The van der Waals surface area contributed by atoms with Crippen molar-refractivity contribution >= 4 is 23.9 Å². The van der Waals surface area contributed by atoms with Crippen LogP contribution in [0.5, 0.6) is 0 Å². The Labute approximate surface area is 342 Å². The van der Waals surface area contributed by atoms with Gasteiger partial charge in [-0.3, -0.25) is 4.79 Å². The minimum absolute atomic E-state index is 0.0746. The number of carbonyl (C=O) groups excluding carboxylic acids is 2. The van der Waals surface area contributed by atoms with E-state index in [1.165, 1.54) is 74.5 Å². The van der Waals surface area contributed by atoms with E-state index in [9.17, 15) is 9.59 Å². The first kappa shape index (κ1) is 56.6. The Hall–Kier alpha value is -2.73. The largest absolute Gasteiger partial charge is 0.372 e. The first-order valence-electron chi connectivity index (χ1n) is 20.6. The van der Waals surface area contributed by atoms with E-state index in [-0.39, 0.29) is 6.10 Å². The summed E-state index contributed by atoms with van der Waals surface area (Å²) in [6.45, 7) is 27.4. The number of thiazole rings is 1. The zero-order valence-electron chi connectivity index (χ0n) is 37.1. The van der Waals surface area contributed by atoms with Crippen LogP contribution >= 0.6 is 11.3 Å². The second-order valence-corrected chi connectivity index (χ2v) is 14.7. The molecule has 3 unspecified atom stereocenters. The van der Waals surface area contributed by atoms with Gasteiger partial charge in [0.05, 0.1) is 0 Å². The SMILES string of the molecule is C=C(CCCC)N(CCC)C(CC(OCCC)c1nc(C=O)cs1)C(C)C.C=CCN(C)CCCC.CN.CN.CNC(CCC=O)Cc1ccc(C)cc1. The number of aldehydes is 2. The summed E-state index contributed by atoms with van der Waals surface area (Å²) >= 11 is 1.53. The van der Waals surface area contributed by atoms with Crippen molar-refractivity contribution in [3.63, 3.8) is 0 Å². The Morgan fingerprint density at radius 1 is 0.982 bits per heavy atom. The second kappa shape index (κ2) is 39.5. The lowest BCUT2D eigenvalue weighted by atomic mass is 9.94. The van der Waals surface area contributed by atoms with Gasteiger partial charge in [-0.15, -0.1) is 17.9 Å². The summed E-state index contributed by atoms with van der Waals surface area (Å²) < 4.78 is 6.18. The quantitative estimate of drug-likeness (QED) is 0.0631. The van der Waals surface area contributed by atoms with E-state index in [1.807, 2.05) is 18.5 Å². The molecule has 0 amide bonds. The summed E-state index contributed by atoms with van der Waals surface area (Å²) in [5, 5.41) is 5.97. The van der Waals surface area contributed by atoms with Crippen LogP contribution in [-0.2, 0) is 16.0 Å². The van der Waals surface area contributed by atoms with Gasteiger partial charge in [-0.25, -0.2) is 4.98 Å². The average Bonchev–Trinajstić information content (AvgIpc) is 3.69. The number of likely N-dealkylation sites (N-methyl/N-ethyl adjacent to an activating group) is 2. The molecular formula is C45H84N6O3S.